The standard InChI is InChI=1S/C18H22F3N3S/c1-23(12-14-5-3-2-4-6-14)13-15-7-9-24(10-8-15)17-22-11-16(25-17)18(19,20)21/h2-6,11,15H,7-10,12-13H2,1H3. The lowest BCUT2D eigenvalue weighted by molar-refractivity contribution is -0.134. The van der Waals surface area contributed by atoms with Crippen molar-refractivity contribution in [2.24, 2.45) is 5.92 Å². The molecule has 0 bridgehead atoms. The molecule has 3 rings (SSSR count). The molecule has 0 saturated carbocycles. The summed E-state index contributed by atoms with van der Waals surface area (Å²) in [6.07, 6.45) is -1.38. The first-order valence-corrected chi connectivity index (χ1v) is 9.24. The van der Waals surface area contributed by atoms with Crippen LogP contribution in [0.5, 0.6) is 0 Å². The van der Waals surface area contributed by atoms with E-state index in [0.29, 0.717) is 11.0 Å². The summed E-state index contributed by atoms with van der Waals surface area (Å²) in [5.41, 5.74) is 1.30. The number of aromatic nitrogens is 1. The Balaban J connectivity index is 1.48. The zero-order valence-electron chi connectivity index (χ0n) is 14.2. The van der Waals surface area contributed by atoms with Gasteiger partial charge in [0.1, 0.15) is 4.88 Å². The quantitative estimate of drug-likeness (QED) is 0.773. The Hall–Kier alpha value is -1.60. The highest BCUT2D eigenvalue weighted by molar-refractivity contribution is 7.15. The lowest BCUT2D eigenvalue weighted by Crippen LogP contribution is -2.37. The molecule has 2 heterocycles. The molecule has 0 N–H and O–H groups in total. The normalized spacial score (nSPS) is 16.6. The Morgan fingerprint density at radius 2 is 1.88 bits per heavy atom. The molecule has 0 unspecified atom stereocenters. The first-order chi connectivity index (χ1) is 11.9. The molecule has 0 radical (unpaired) electrons. The van der Waals surface area contributed by atoms with Crippen molar-refractivity contribution in [3.05, 3.63) is 47.0 Å². The molecule has 1 aliphatic rings. The van der Waals surface area contributed by atoms with E-state index in [1.807, 2.05) is 23.1 Å². The largest absolute Gasteiger partial charge is 0.427 e. The summed E-state index contributed by atoms with van der Waals surface area (Å²) in [6, 6.07) is 10.4. The van der Waals surface area contributed by atoms with E-state index in [4.69, 9.17) is 0 Å². The molecule has 2 aromatic rings. The van der Waals surface area contributed by atoms with Gasteiger partial charge in [-0.3, -0.25) is 0 Å². The summed E-state index contributed by atoms with van der Waals surface area (Å²) >= 11 is 0.743. The number of anilines is 1. The second kappa shape index (κ2) is 7.74. The molecule has 1 aromatic carbocycles. The molecule has 1 fully saturated rings. The lowest BCUT2D eigenvalue weighted by atomic mass is 9.96. The second-order valence-corrected chi connectivity index (χ2v) is 7.63. The minimum Gasteiger partial charge on any atom is -0.348 e. The van der Waals surface area contributed by atoms with Gasteiger partial charge >= 0.3 is 6.18 Å². The average molecular weight is 369 g/mol. The molecule has 1 saturated heterocycles. The van der Waals surface area contributed by atoms with E-state index in [9.17, 15) is 13.2 Å². The van der Waals surface area contributed by atoms with Gasteiger partial charge in [0.25, 0.3) is 0 Å². The minimum atomic E-state index is -4.30. The Labute approximate surface area is 150 Å². The van der Waals surface area contributed by atoms with Crippen LogP contribution in [-0.4, -0.2) is 36.6 Å². The van der Waals surface area contributed by atoms with Gasteiger partial charge in [-0.05, 0) is 31.4 Å². The van der Waals surface area contributed by atoms with Crippen LogP contribution in [0.2, 0.25) is 0 Å². The van der Waals surface area contributed by atoms with Crippen molar-refractivity contribution in [1.29, 1.82) is 0 Å². The van der Waals surface area contributed by atoms with Crippen LogP contribution in [0, 0.1) is 5.92 Å². The first-order valence-electron chi connectivity index (χ1n) is 8.42. The molecule has 7 heteroatoms. The third kappa shape index (κ3) is 4.95. The van der Waals surface area contributed by atoms with Gasteiger partial charge in [0, 0.05) is 26.2 Å². The summed E-state index contributed by atoms with van der Waals surface area (Å²) in [7, 11) is 2.12. The number of rotatable bonds is 5. The van der Waals surface area contributed by atoms with Crippen LogP contribution in [0.4, 0.5) is 18.3 Å². The van der Waals surface area contributed by atoms with Gasteiger partial charge in [0.2, 0.25) is 0 Å². The average Bonchev–Trinajstić information content (AvgIpc) is 3.07. The van der Waals surface area contributed by atoms with Gasteiger partial charge in [-0.15, -0.1) is 0 Å². The third-order valence-electron chi connectivity index (χ3n) is 4.52. The van der Waals surface area contributed by atoms with Crippen molar-refractivity contribution in [3.63, 3.8) is 0 Å². The first kappa shape index (κ1) is 18.2. The molecule has 136 valence electrons. The van der Waals surface area contributed by atoms with Crippen molar-refractivity contribution in [1.82, 2.24) is 9.88 Å². The second-order valence-electron chi connectivity index (χ2n) is 6.62. The number of hydrogen-bond acceptors (Lipinski definition) is 4. The Kier molecular flexibility index (Phi) is 5.64. The summed E-state index contributed by atoms with van der Waals surface area (Å²) < 4.78 is 38.1. The summed E-state index contributed by atoms with van der Waals surface area (Å²) in [5.74, 6) is 0.576. The van der Waals surface area contributed by atoms with Crippen molar-refractivity contribution in [2.75, 3.05) is 31.6 Å². The van der Waals surface area contributed by atoms with E-state index in [1.165, 1.54) is 5.56 Å². The number of halogens is 3. The fourth-order valence-corrected chi connectivity index (χ4v) is 4.08. The molecular weight excluding hydrogens is 347 g/mol. The number of thiazole rings is 1. The van der Waals surface area contributed by atoms with E-state index in [0.717, 1.165) is 56.6 Å². The molecule has 1 aromatic heterocycles. The van der Waals surface area contributed by atoms with E-state index in [2.05, 4.69) is 29.1 Å². The molecular formula is C18H22F3N3S. The van der Waals surface area contributed by atoms with Crippen LogP contribution in [-0.2, 0) is 12.7 Å². The zero-order chi connectivity index (χ0) is 17.9. The summed E-state index contributed by atoms with van der Waals surface area (Å²) in [6.45, 7) is 3.47. The van der Waals surface area contributed by atoms with Gasteiger partial charge in [-0.1, -0.05) is 41.7 Å². The van der Waals surface area contributed by atoms with Crippen LogP contribution in [0.15, 0.2) is 36.5 Å². The fourth-order valence-electron chi connectivity index (χ4n) is 3.25. The molecule has 0 atom stereocenters. The number of hydrogen-bond donors (Lipinski definition) is 0. The van der Waals surface area contributed by atoms with Crippen molar-refractivity contribution in [2.45, 2.75) is 25.6 Å². The molecule has 3 nitrogen and oxygen atoms in total. The van der Waals surface area contributed by atoms with Crippen LogP contribution in [0.3, 0.4) is 0 Å². The highest BCUT2D eigenvalue weighted by atomic mass is 32.1. The van der Waals surface area contributed by atoms with Crippen LogP contribution < -0.4 is 4.90 Å². The van der Waals surface area contributed by atoms with Gasteiger partial charge in [-0.25, -0.2) is 4.98 Å². The fraction of sp³-hybridized carbons (Fsp3) is 0.500. The Morgan fingerprint density at radius 3 is 2.48 bits per heavy atom. The van der Waals surface area contributed by atoms with Crippen LogP contribution in [0.25, 0.3) is 0 Å². The lowest BCUT2D eigenvalue weighted by Gasteiger charge is -2.33. The summed E-state index contributed by atoms with van der Waals surface area (Å²) in [4.78, 5) is 7.64. The maximum Gasteiger partial charge on any atom is 0.427 e. The van der Waals surface area contributed by atoms with E-state index in [-0.39, 0.29) is 0 Å². The number of piperidine rings is 1. The maximum absolute atomic E-state index is 12.7. The highest BCUT2D eigenvalue weighted by Crippen LogP contribution is 2.37. The third-order valence-corrected chi connectivity index (χ3v) is 5.63. The Morgan fingerprint density at radius 1 is 1.20 bits per heavy atom. The van der Waals surface area contributed by atoms with E-state index in [1.54, 1.807) is 0 Å². The van der Waals surface area contributed by atoms with Gasteiger partial charge in [-0.2, -0.15) is 13.2 Å². The number of nitrogens with zero attached hydrogens (tertiary/aromatic N) is 3. The molecule has 0 amide bonds. The minimum absolute atomic E-state index is 0.489. The van der Waals surface area contributed by atoms with Gasteiger partial charge < -0.3 is 9.80 Å². The van der Waals surface area contributed by atoms with Crippen LogP contribution in [0.1, 0.15) is 23.3 Å². The number of benzene rings is 1. The molecule has 25 heavy (non-hydrogen) atoms. The zero-order valence-corrected chi connectivity index (χ0v) is 15.0. The van der Waals surface area contributed by atoms with Gasteiger partial charge in [0.05, 0.1) is 6.20 Å². The molecule has 0 aliphatic carbocycles. The Bertz CT molecular complexity index is 664. The van der Waals surface area contributed by atoms with Crippen molar-refractivity contribution >= 4 is 16.5 Å². The summed E-state index contributed by atoms with van der Waals surface area (Å²) in [5, 5.41) is 0.489. The predicted molar refractivity (Wildman–Crippen MR) is 94.8 cm³/mol. The van der Waals surface area contributed by atoms with Gasteiger partial charge in [0.15, 0.2) is 5.13 Å². The van der Waals surface area contributed by atoms with Crippen LogP contribution >= 0.6 is 11.3 Å². The van der Waals surface area contributed by atoms with Crippen molar-refractivity contribution in [3.8, 4) is 0 Å². The van der Waals surface area contributed by atoms with Crippen molar-refractivity contribution < 1.29 is 13.2 Å². The number of alkyl halides is 3. The van der Waals surface area contributed by atoms with E-state index >= 15 is 0 Å². The highest BCUT2D eigenvalue weighted by Gasteiger charge is 2.34. The molecule has 1 aliphatic heterocycles. The smallest absolute Gasteiger partial charge is 0.348 e. The predicted octanol–water partition coefficient (Wildman–Crippen LogP) is 4.51. The topological polar surface area (TPSA) is 19.4 Å². The SMILES string of the molecule is CN(Cc1ccccc1)CC1CCN(c2ncc(C(F)(F)F)s2)CC1. The van der Waals surface area contributed by atoms with E-state index < -0.39 is 11.1 Å². The molecule has 0 spiro atoms. The monoisotopic (exact) mass is 369 g/mol. The maximum atomic E-state index is 12.7.